The molecule has 0 bridgehead atoms. The van der Waals surface area contributed by atoms with Gasteiger partial charge in [-0.2, -0.15) is 0 Å². The molecule has 1 atom stereocenters. The minimum Gasteiger partial charge on any atom is -0.497 e. The molecule has 0 radical (unpaired) electrons. The molecule has 0 aliphatic heterocycles. The third-order valence-corrected chi connectivity index (χ3v) is 6.13. The van der Waals surface area contributed by atoms with E-state index in [1.54, 1.807) is 36.5 Å². The SMILES string of the molecule is COc1ccc(S(=O)(=O)[C@H](CNC(=O)c2ccco2)c2cccnc2)cc1. The lowest BCUT2D eigenvalue weighted by molar-refractivity contribution is 0.0926. The van der Waals surface area contributed by atoms with Gasteiger partial charge in [-0.1, -0.05) is 6.07 Å². The summed E-state index contributed by atoms with van der Waals surface area (Å²) >= 11 is 0. The van der Waals surface area contributed by atoms with Crippen LogP contribution in [0.2, 0.25) is 0 Å². The van der Waals surface area contributed by atoms with Crippen molar-refractivity contribution >= 4 is 15.7 Å². The number of aromatic nitrogens is 1. The van der Waals surface area contributed by atoms with E-state index in [0.29, 0.717) is 11.3 Å². The molecule has 1 N–H and O–H groups in total. The highest BCUT2D eigenvalue weighted by atomic mass is 32.2. The van der Waals surface area contributed by atoms with Gasteiger partial charge < -0.3 is 14.5 Å². The Hall–Kier alpha value is -3.13. The smallest absolute Gasteiger partial charge is 0.287 e. The van der Waals surface area contributed by atoms with Gasteiger partial charge in [0, 0.05) is 18.9 Å². The van der Waals surface area contributed by atoms with Crippen molar-refractivity contribution in [2.45, 2.75) is 10.1 Å². The van der Waals surface area contributed by atoms with Crippen molar-refractivity contribution in [2.24, 2.45) is 0 Å². The van der Waals surface area contributed by atoms with E-state index in [4.69, 9.17) is 9.15 Å². The molecular formula is C19H18N2O5S. The van der Waals surface area contributed by atoms with E-state index >= 15 is 0 Å². The number of furan rings is 1. The quantitative estimate of drug-likeness (QED) is 0.670. The molecule has 3 rings (SSSR count). The Morgan fingerprint density at radius 2 is 1.96 bits per heavy atom. The first kappa shape index (κ1) is 18.7. The Labute approximate surface area is 156 Å². The summed E-state index contributed by atoms with van der Waals surface area (Å²) in [4.78, 5) is 16.3. The van der Waals surface area contributed by atoms with Crippen molar-refractivity contribution in [3.63, 3.8) is 0 Å². The van der Waals surface area contributed by atoms with Crippen molar-refractivity contribution in [3.05, 3.63) is 78.5 Å². The van der Waals surface area contributed by atoms with Gasteiger partial charge in [-0.3, -0.25) is 9.78 Å². The summed E-state index contributed by atoms with van der Waals surface area (Å²) in [5.74, 6) is 0.179. The lowest BCUT2D eigenvalue weighted by Crippen LogP contribution is -2.31. The van der Waals surface area contributed by atoms with Crippen LogP contribution < -0.4 is 10.1 Å². The zero-order valence-electron chi connectivity index (χ0n) is 14.5. The first-order valence-corrected chi connectivity index (χ1v) is 9.66. The van der Waals surface area contributed by atoms with Gasteiger partial charge in [-0.25, -0.2) is 8.42 Å². The van der Waals surface area contributed by atoms with Crippen molar-refractivity contribution in [3.8, 4) is 5.75 Å². The fourth-order valence-corrected chi connectivity index (χ4v) is 4.23. The highest BCUT2D eigenvalue weighted by molar-refractivity contribution is 7.91. The summed E-state index contributed by atoms with van der Waals surface area (Å²) in [6.07, 6.45) is 4.41. The first-order valence-electron chi connectivity index (χ1n) is 8.12. The van der Waals surface area contributed by atoms with Crippen molar-refractivity contribution in [2.75, 3.05) is 13.7 Å². The molecule has 1 amide bonds. The largest absolute Gasteiger partial charge is 0.497 e. The van der Waals surface area contributed by atoms with Gasteiger partial charge in [-0.15, -0.1) is 0 Å². The molecule has 0 saturated carbocycles. The molecule has 1 aromatic carbocycles. The second-order valence-electron chi connectivity index (χ2n) is 5.68. The topological polar surface area (TPSA) is 98.5 Å². The summed E-state index contributed by atoms with van der Waals surface area (Å²) in [6, 6.07) is 12.5. The van der Waals surface area contributed by atoms with Gasteiger partial charge >= 0.3 is 0 Å². The third kappa shape index (κ3) is 4.17. The highest BCUT2D eigenvalue weighted by Gasteiger charge is 2.30. The summed E-state index contributed by atoms with van der Waals surface area (Å²) in [7, 11) is -2.28. The number of carbonyl (C=O) groups excluding carboxylic acids is 1. The standard InChI is InChI=1S/C19H18N2O5S/c1-25-15-6-8-16(9-7-15)27(23,24)18(14-4-2-10-20-12-14)13-21-19(22)17-5-3-11-26-17/h2-12,18H,13H2,1H3,(H,21,22)/t18-/m1/s1. The number of ether oxygens (including phenoxy) is 1. The molecule has 0 fully saturated rings. The van der Waals surface area contributed by atoms with Crippen LogP contribution in [0.4, 0.5) is 0 Å². The average molecular weight is 386 g/mol. The Balaban J connectivity index is 1.90. The molecule has 7 nitrogen and oxygen atoms in total. The Morgan fingerprint density at radius 3 is 2.56 bits per heavy atom. The van der Waals surface area contributed by atoms with Crippen molar-refractivity contribution in [1.29, 1.82) is 0 Å². The maximum absolute atomic E-state index is 13.2. The van der Waals surface area contributed by atoms with E-state index in [1.807, 2.05) is 0 Å². The van der Waals surface area contributed by atoms with Crippen LogP contribution in [0.1, 0.15) is 21.4 Å². The normalized spacial score (nSPS) is 12.3. The molecule has 0 unspecified atom stereocenters. The molecular weight excluding hydrogens is 368 g/mol. The van der Waals surface area contributed by atoms with Crippen LogP contribution in [0.15, 0.2) is 76.5 Å². The summed E-state index contributed by atoms with van der Waals surface area (Å²) in [5, 5.41) is 1.62. The molecule has 0 aliphatic rings. The maximum Gasteiger partial charge on any atom is 0.287 e. The molecule has 2 heterocycles. The number of benzene rings is 1. The van der Waals surface area contributed by atoms with Gasteiger partial charge in [-0.05, 0) is 48.0 Å². The number of methoxy groups -OCH3 is 1. The second-order valence-corrected chi connectivity index (χ2v) is 7.81. The number of hydrogen-bond donors (Lipinski definition) is 1. The number of hydrogen-bond acceptors (Lipinski definition) is 6. The predicted molar refractivity (Wildman–Crippen MR) is 98.2 cm³/mol. The van der Waals surface area contributed by atoms with Gasteiger partial charge in [0.1, 0.15) is 11.0 Å². The van der Waals surface area contributed by atoms with Gasteiger partial charge in [0.25, 0.3) is 5.91 Å². The van der Waals surface area contributed by atoms with E-state index in [0.717, 1.165) is 0 Å². The van der Waals surface area contributed by atoms with E-state index in [2.05, 4.69) is 10.3 Å². The van der Waals surface area contributed by atoms with Crippen LogP contribution in [0, 0.1) is 0 Å². The Morgan fingerprint density at radius 1 is 1.19 bits per heavy atom. The predicted octanol–water partition coefficient (Wildman–Crippen LogP) is 2.63. The zero-order valence-corrected chi connectivity index (χ0v) is 15.3. The van der Waals surface area contributed by atoms with Crippen LogP contribution in [0.25, 0.3) is 0 Å². The van der Waals surface area contributed by atoms with Crippen LogP contribution in [0.3, 0.4) is 0 Å². The number of rotatable bonds is 7. The van der Waals surface area contributed by atoms with E-state index in [9.17, 15) is 13.2 Å². The lowest BCUT2D eigenvalue weighted by atomic mass is 10.2. The molecule has 2 aromatic heterocycles. The lowest BCUT2D eigenvalue weighted by Gasteiger charge is -2.18. The fraction of sp³-hybridized carbons (Fsp3) is 0.158. The first-order chi connectivity index (χ1) is 13.0. The van der Waals surface area contributed by atoms with Crippen LogP contribution >= 0.6 is 0 Å². The Bertz CT molecular complexity index is 984. The van der Waals surface area contributed by atoms with Crippen LogP contribution in [0.5, 0.6) is 5.75 Å². The molecule has 27 heavy (non-hydrogen) atoms. The maximum atomic E-state index is 13.2. The highest BCUT2D eigenvalue weighted by Crippen LogP contribution is 2.29. The number of nitrogens with one attached hydrogen (secondary N) is 1. The molecule has 140 valence electrons. The second kappa shape index (κ2) is 8.05. The van der Waals surface area contributed by atoms with Crippen molar-refractivity contribution in [1.82, 2.24) is 10.3 Å². The van der Waals surface area contributed by atoms with E-state index < -0.39 is 21.0 Å². The molecule has 3 aromatic rings. The minimum atomic E-state index is -3.78. The zero-order chi connectivity index (χ0) is 19.3. The number of sulfone groups is 1. The average Bonchev–Trinajstić information content (AvgIpc) is 3.23. The van der Waals surface area contributed by atoms with Crippen LogP contribution in [-0.4, -0.2) is 33.0 Å². The molecule has 0 aliphatic carbocycles. The number of amides is 1. The number of nitrogens with zero attached hydrogens (tertiary/aromatic N) is 1. The summed E-state index contributed by atoms with van der Waals surface area (Å²) in [5.41, 5.74) is 0.480. The minimum absolute atomic E-state index is 0.113. The molecule has 8 heteroatoms. The number of pyridine rings is 1. The number of carbonyl (C=O) groups is 1. The van der Waals surface area contributed by atoms with Gasteiger partial charge in [0.2, 0.25) is 0 Å². The molecule has 0 spiro atoms. The van der Waals surface area contributed by atoms with Crippen LogP contribution in [-0.2, 0) is 9.84 Å². The molecule has 0 saturated heterocycles. The fourth-order valence-electron chi connectivity index (χ4n) is 2.58. The third-order valence-electron chi connectivity index (χ3n) is 4.01. The monoisotopic (exact) mass is 386 g/mol. The van der Waals surface area contributed by atoms with Gasteiger partial charge in [0.05, 0.1) is 18.3 Å². The van der Waals surface area contributed by atoms with Crippen molar-refractivity contribution < 1.29 is 22.4 Å². The van der Waals surface area contributed by atoms with E-state index in [1.165, 1.54) is 37.8 Å². The Kier molecular flexibility index (Phi) is 5.56. The summed E-state index contributed by atoms with van der Waals surface area (Å²) < 4.78 is 36.5. The summed E-state index contributed by atoms with van der Waals surface area (Å²) in [6.45, 7) is -0.125. The van der Waals surface area contributed by atoms with Gasteiger partial charge in [0.15, 0.2) is 15.6 Å². The van der Waals surface area contributed by atoms with E-state index in [-0.39, 0.29) is 17.2 Å².